The molecule has 0 radical (unpaired) electrons. The Hall–Kier alpha value is -4.06. The summed E-state index contributed by atoms with van der Waals surface area (Å²) in [6.45, 7) is 0.964. The quantitative estimate of drug-likeness (QED) is 0.234. The van der Waals surface area contributed by atoms with Crippen LogP contribution in [0.15, 0.2) is 66.7 Å². The summed E-state index contributed by atoms with van der Waals surface area (Å²) in [5, 5.41) is 9.81. The molecule has 0 amide bonds. The minimum atomic E-state index is -0.592. The smallest absolute Gasteiger partial charge is 0.311 e. The van der Waals surface area contributed by atoms with Crippen LogP contribution in [0.5, 0.6) is 17.2 Å². The number of carbonyl (C=O) groups is 1. The van der Waals surface area contributed by atoms with E-state index in [1.165, 1.54) is 7.11 Å². The van der Waals surface area contributed by atoms with Gasteiger partial charge >= 0.3 is 5.97 Å². The molecule has 0 heterocycles. The van der Waals surface area contributed by atoms with Crippen LogP contribution in [0.1, 0.15) is 28.4 Å². The summed E-state index contributed by atoms with van der Waals surface area (Å²) in [5.41, 5.74) is 2.32. The van der Waals surface area contributed by atoms with E-state index in [0.29, 0.717) is 18.8 Å². The van der Waals surface area contributed by atoms with E-state index in [-0.39, 0.29) is 42.4 Å². The average Bonchev–Trinajstić information content (AvgIpc) is 2.93. The third-order valence-electron chi connectivity index (χ3n) is 5.46. The van der Waals surface area contributed by atoms with Gasteiger partial charge in [0.05, 0.1) is 26.7 Å². The highest BCUT2D eigenvalue weighted by Crippen LogP contribution is 2.41. The van der Waals surface area contributed by atoms with Crippen LogP contribution >= 0.6 is 0 Å². The zero-order valence-corrected chi connectivity index (χ0v) is 21.3. The summed E-state index contributed by atoms with van der Waals surface area (Å²) in [4.78, 5) is 13.3. The van der Waals surface area contributed by atoms with Gasteiger partial charge in [0.15, 0.2) is 17.6 Å². The number of hydrogen-bond donors (Lipinski definition) is 0. The van der Waals surface area contributed by atoms with Crippen molar-refractivity contribution in [2.45, 2.75) is 12.5 Å². The van der Waals surface area contributed by atoms with Gasteiger partial charge < -0.3 is 28.4 Å². The average molecular weight is 506 g/mol. The van der Waals surface area contributed by atoms with Gasteiger partial charge in [0.25, 0.3) is 0 Å². The van der Waals surface area contributed by atoms with Crippen LogP contribution in [-0.4, -0.2) is 53.7 Å². The molecule has 0 bridgehead atoms. The third-order valence-corrected chi connectivity index (χ3v) is 5.46. The summed E-state index contributed by atoms with van der Waals surface area (Å²) in [6.07, 6.45) is -0.730. The topological polar surface area (TPSA) is 96.2 Å². The Kier molecular flexibility index (Phi) is 10.8. The second kappa shape index (κ2) is 14.5. The van der Waals surface area contributed by atoms with Crippen LogP contribution in [0.25, 0.3) is 0 Å². The Morgan fingerprint density at radius 3 is 1.84 bits per heavy atom. The molecule has 0 N–H and O–H groups in total. The number of benzene rings is 3. The Morgan fingerprint density at radius 2 is 1.35 bits per heavy atom. The van der Waals surface area contributed by atoms with E-state index in [1.54, 1.807) is 20.3 Å². The van der Waals surface area contributed by atoms with Gasteiger partial charge in [-0.3, -0.25) is 4.79 Å². The van der Waals surface area contributed by atoms with Crippen molar-refractivity contribution in [3.63, 3.8) is 0 Å². The van der Waals surface area contributed by atoms with Crippen molar-refractivity contribution >= 4 is 5.97 Å². The lowest BCUT2D eigenvalue weighted by Gasteiger charge is -2.21. The van der Waals surface area contributed by atoms with Crippen LogP contribution < -0.4 is 14.2 Å². The van der Waals surface area contributed by atoms with Crippen molar-refractivity contribution in [3.8, 4) is 23.3 Å². The standard InChI is InChI=1S/C29H31NO7/c1-32-14-16-35-28-23(18-25(34-3)24(20-30)29(28)36-17-15-33-2)19-26(31)37-27(21-10-6-4-7-11-21)22-12-8-5-9-13-22/h4-13,18,27H,14-17,19H2,1-3H3. The summed E-state index contributed by atoms with van der Waals surface area (Å²) in [5.74, 6) is 0.224. The summed E-state index contributed by atoms with van der Waals surface area (Å²) in [6, 6.07) is 22.8. The first kappa shape index (κ1) is 27.5. The SMILES string of the molecule is COCCOc1c(CC(=O)OC(c2ccccc2)c2ccccc2)cc(OC)c(C#N)c1OCCOC. The molecule has 0 aliphatic carbocycles. The molecule has 0 unspecified atom stereocenters. The fourth-order valence-corrected chi connectivity index (χ4v) is 3.73. The largest absolute Gasteiger partial charge is 0.495 e. The number of esters is 1. The van der Waals surface area contributed by atoms with Crippen LogP contribution in [0.4, 0.5) is 0 Å². The molecule has 8 nitrogen and oxygen atoms in total. The van der Waals surface area contributed by atoms with Gasteiger partial charge in [0, 0.05) is 19.8 Å². The Labute approximate surface area is 217 Å². The second-order valence-electron chi connectivity index (χ2n) is 7.93. The molecular weight excluding hydrogens is 474 g/mol. The fraction of sp³-hybridized carbons (Fsp3) is 0.310. The normalized spacial score (nSPS) is 10.6. The van der Waals surface area contributed by atoms with Crippen molar-refractivity contribution < 1.29 is 33.2 Å². The molecule has 0 atom stereocenters. The molecule has 0 aliphatic heterocycles. The molecule has 194 valence electrons. The van der Waals surface area contributed by atoms with E-state index in [2.05, 4.69) is 6.07 Å². The predicted molar refractivity (Wildman–Crippen MR) is 137 cm³/mol. The molecular formula is C29H31NO7. The van der Waals surface area contributed by atoms with Gasteiger partial charge in [-0.05, 0) is 17.2 Å². The van der Waals surface area contributed by atoms with E-state index >= 15 is 0 Å². The number of methoxy groups -OCH3 is 3. The van der Waals surface area contributed by atoms with Crippen molar-refractivity contribution in [3.05, 3.63) is 89.0 Å². The maximum absolute atomic E-state index is 13.3. The molecule has 0 spiro atoms. The zero-order chi connectivity index (χ0) is 26.5. The molecule has 3 rings (SSSR count). The van der Waals surface area contributed by atoms with Crippen LogP contribution in [0, 0.1) is 11.3 Å². The number of nitriles is 1. The Morgan fingerprint density at radius 1 is 0.811 bits per heavy atom. The molecule has 3 aromatic carbocycles. The minimum absolute atomic E-state index is 0.138. The highest BCUT2D eigenvalue weighted by molar-refractivity contribution is 5.76. The molecule has 0 saturated carbocycles. The van der Waals surface area contributed by atoms with Gasteiger partial charge in [-0.1, -0.05) is 60.7 Å². The fourth-order valence-electron chi connectivity index (χ4n) is 3.73. The molecule has 8 heteroatoms. The van der Waals surface area contributed by atoms with E-state index in [9.17, 15) is 10.1 Å². The van der Waals surface area contributed by atoms with Crippen LogP contribution in [0.2, 0.25) is 0 Å². The minimum Gasteiger partial charge on any atom is -0.495 e. The van der Waals surface area contributed by atoms with E-state index < -0.39 is 12.1 Å². The first-order chi connectivity index (χ1) is 18.1. The lowest BCUT2D eigenvalue weighted by molar-refractivity contribution is -0.146. The summed E-state index contributed by atoms with van der Waals surface area (Å²) >= 11 is 0. The summed E-state index contributed by atoms with van der Waals surface area (Å²) < 4.78 is 33.4. The van der Waals surface area contributed by atoms with Gasteiger partial charge in [-0.25, -0.2) is 0 Å². The summed E-state index contributed by atoms with van der Waals surface area (Å²) in [7, 11) is 4.55. The van der Waals surface area contributed by atoms with E-state index in [0.717, 1.165) is 11.1 Å². The second-order valence-corrected chi connectivity index (χ2v) is 7.93. The van der Waals surface area contributed by atoms with E-state index in [1.807, 2.05) is 60.7 Å². The predicted octanol–water partition coefficient (Wildman–Crippen LogP) is 4.49. The Balaban J connectivity index is 1.97. The van der Waals surface area contributed by atoms with Crippen LogP contribution in [0.3, 0.4) is 0 Å². The zero-order valence-electron chi connectivity index (χ0n) is 21.3. The maximum atomic E-state index is 13.3. The number of ether oxygens (including phenoxy) is 6. The molecule has 0 aromatic heterocycles. The number of carbonyl (C=O) groups excluding carboxylic acids is 1. The third kappa shape index (κ3) is 7.46. The molecule has 37 heavy (non-hydrogen) atoms. The van der Waals surface area contributed by atoms with Crippen molar-refractivity contribution in [2.75, 3.05) is 47.8 Å². The van der Waals surface area contributed by atoms with Gasteiger partial charge in [-0.15, -0.1) is 0 Å². The van der Waals surface area contributed by atoms with Crippen LogP contribution in [-0.2, 0) is 25.4 Å². The molecule has 0 aliphatic rings. The van der Waals surface area contributed by atoms with E-state index in [4.69, 9.17) is 28.4 Å². The number of hydrogen-bond acceptors (Lipinski definition) is 8. The highest BCUT2D eigenvalue weighted by atomic mass is 16.6. The lowest BCUT2D eigenvalue weighted by atomic mass is 10.0. The Bertz CT molecular complexity index is 1140. The van der Waals surface area contributed by atoms with Crippen molar-refractivity contribution in [1.82, 2.24) is 0 Å². The first-order valence-corrected chi connectivity index (χ1v) is 11.8. The van der Waals surface area contributed by atoms with Crippen molar-refractivity contribution in [1.29, 1.82) is 5.26 Å². The maximum Gasteiger partial charge on any atom is 0.311 e. The van der Waals surface area contributed by atoms with Gasteiger partial charge in [0.1, 0.15) is 30.6 Å². The molecule has 0 saturated heterocycles. The van der Waals surface area contributed by atoms with Gasteiger partial charge in [0.2, 0.25) is 0 Å². The number of rotatable bonds is 14. The molecule has 3 aromatic rings. The lowest BCUT2D eigenvalue weighted by Crippen LogP contribution is -2.17. The molecule has 0 fully saturated rings. The van der Waals surface area contributed by atoms with Crippen molar-refractivity contribution in [2.24, 2.45) is 0 Å². The highest BCUT2D eigenvalue weighted by Gasteiger charge is 2.26. The number of nitrogens with zero attached hydrogens (tertiary/aromatic N) is 1. The monoisotopic (exact) mass is 505 g/mol. The first-order valence-electron chi connectivity index (χ1n) is 11.8. The van der Waals surface area contributed by atoms with Gasteiger partial charge in [-0.2, -0.15) is 5.26 Å².